The van der Waals surface area contributed by atoms with Crippen molar-refractivity contribution >= 4 is 22.9 Å². The number of aromatic nitrogens is 2. The minimum absolute atomic E-state index is 0.0404. The first-order valence-corrected chi connectivity index (χ1v) is 6.15. The van der Waals surface area contributed by atoms with Gasteiger partial charge in [-0.3, -0.25) is 4.79 Å². The summed E-state index contributed by atoms with van der Waals surface area (Å²) in [5, 5.41) is 0. The van der Waals surface area contributed by atoms with E-state index in [1.807, 2.05) is 0 Å². The molecule has 2 rings (SSSR count). The van der Waals surface area contributed by atoms with Crippen molar-refractivity contribution in [2.45, 2.75) is 26.6 Å². The molecule has 4 N–H and O–H groups in total. The van der Waals surface area contributed by atoms with E-state index in [0.717, 1.165) is 12.1 Å². The maximum atomic E-state index is 12.7. The van der Waals surface area contributed by atoms with Crippen LogP contribution in [0.3, 0.4) is 0 Å². The van der Waals surface area contributed by atoms with Gasteiger partial charge in [0, 0.05) is 6.54 Å². The third-order valence-corrected chi connectivity index (χ3v) is 3.33. The van der Waals surface area contributed by atoms with Crippen molar-refractivity contribution in [2.24, 2.45) is 11.1 Å². The lowest BCUT2D eigenvalue weighted by molar-refractivity contribution is -0.137. The van der Waals surface area contributed by atoms with Gasteiger partial charge in [-0.1, -0.05) is 0 Å². The number of carbonyl (C=O) groups is 1. The summed E-state index contributed by atoms with van der Waals surface area (Å²) < 4.78 is 39.5. The van der Waals surface area contributed by atoms with Crippen molar-refractivity contribution in [3.63, 3.8) is 0 Å². The number of halogens is 3. The summed E-state index contributed by atoms with van der Waals surface area (Å²) in [4.78, 5) is 15.3. The lowest BCUT2D eigenvalue weighted by atomic mass is 9.92. The predicted octanol–water partition coefficient (Wildman–Crippen LogP) is 2.15. The van der Waals surface area contributed by atoms with Gasteiger partial charge in [-0.15, -0.1) is 0 Å². The molecule has 0 aliphatic rings. The smallest absolute Gasteiger partial charge is 0.369 e. The zero-order chi connectivity index (χ0) is 16.0. The third kappa shape index (κ3) is 2.79. The van der Waals surface area contributed by atoms with Crippen LogP contribution in [0.5, 0.6) is 0 Å². The fourth-order valence-electron chi connectivity index (χ4n) is 1.96. The molecule has 8 heteroatoms. The molecule has 0 unspecified atom stereocenters. The Kier molecular flexibility index (Phi) is 3.35. The fourth-order valence-corrected chi connectivity index (χ4v) is 1.96. The summed E-state index contributed by atoms with van der Waals surface area (Å²) in [6.07, 6.45) is -4.45. The van der Waals surface area contributed by atoms with Crippen LogP contribution in [-0.2, 0) is 17.5 Å². The van der Waals surface area contributed by atoms with Crippen LogP contribution in [0, 0.1) is 5.41 Å². The second-order valence-electron chi connectivity index (χ2n) is 5.51. The van der Waals surface area contributed by atoms with Crippen LogP contribution in [0.2, 0.25) is 0 Å². The molecule has 0 radical (unpaired) electrons. The number of imidazole rings is 1. The number of primary amides is 1. The van der Waals surface area contributed by atoms with E-state index >= 15 is 0 Å². The topological polar surface area (TPSA) is 86.9 Å². The zero-order valence-corrected chi connectivity index (χ0v) is 11.5. The molecule has 1 amide bonds. The fraction of sp³-hybridized carbons (Fsp3) is 0.385. The van der Waals surface area contributed by atoms with Gasteiger partial charge in [-0.25, -0.2) is 4.98 Å². The van der Waals surface area contributed by atoms with Gasteiger partial charge < -0.3 is 16.0 Å². The van der Waals surface area contributed by atoms with Gasteiger partial charge in [0.2, 0.25) is 11.9 Å². The molecule has 1 aromatic carbocycles. The van der Waals surface area contributed by atoms with E-state index in [-0.39, 0.29) is 18.0 Å². The molecule has 1 aromatic heterocycles. The number of hydrogen-bond donors (Lipinski definition) is 2. The van der Waals surface area contributed by atoms with Gasteiger partial charge in [-0.05, 0) is 32.0 Å². The Morgan fingerprint density at radius 2 is 1.95 bits per heavy atom. The highest BCUT2D eigenvalue weighted by Gasteiger charge is 2.32. The second-order valence-corrected chi connectivity index (χ2v) is 5.51. The Bertz CT molecular complexity index is 703. The molecule has 114 valence electrons. The Balaban J connectivity index is 2.52. The number of benzene rings is 1. The van der Waals surface area contributed by atoms with Crippen LogP contribution < -0.4 is 11.5 Å². The van der Waals surface area contributed by atoms with E-state index < -0.39 is 23.1 Å². The monoisotopic (exact) mass is 300 g/mol. The van der Waals surface area contributed by atoms with Crippen LogP contribution in [0.4, 0.5) is 19.1 Å². The summed E-state index contributed by atoms with van der Waals surface area (Å²) >= 11 is 0. The maximum Gasteiger partial charge on any atom is 0.416 e. The molecular weight excluding hydrogens is 285 g/mol. The van der Waals surface area contributed by atoms with Crippen molar-refractivity contribution in [2.75, 3.05) is 5.73 Å². The first-order chi connectivity index (χ1) is 9.52. The third-order valence-electron chi connectivity index (χ3n) is 3.33. The van der Waals surface area contributed by atoms with Crippen molar-refractivity contribution < 1.29 is 18.0 Å². The molecule has 0 saturated carbocycles. The van der Waals surface area contributed by atoms with Crippen molar-refractivity contribution in [1.82, 2.24) is 9.55 Å². The first kappa shape index (κ1) is 15.1. The highest BCUT2D eigenvalue weighted by atomic mass is 19.4. The van der Waals surface area contributed by atoms with E-state index in [4.69, 9.17) is 11.5 Å². The molecule has 0 aliphatic heterocycles. The number of nitrogen functional groups attached to an aromatic ring is 1. The van der Waals surface area contributed by atoms with E-state index in [0.29, 0.717) is 5.52 Å². The lowest BCUT2D eigenvalue weighted by Gasteiger charge is -2.22. The summed E-state index contributed by atoms with van der Waals surface area (Å²) in [5.41, 5.74) is 9.90. The minimum Gasteiger partial charge on any atom is -0.369 e. The number of alkyl halides is 3. The van der Waals surface area contributed by atoms with Crippen molar-refractivity contribution in [3.8, 4) is 0 Å². The van der Waals surface area contributed by atoms with Crippen LogP contribution >= 0.6 is 0 Å². The number of nitrogens with two attached hydrogens (primary N) is 2. The molecule has 0 atom stereocenters. The molecule has 0 aliphatic carbocycles. The summed E-state index contributed by atoms with van der Waals surface area (Å²) in [6.45, 7) is 3.39. The molecular formula is C13H15F3N4O. The minimum atomic E-state index is -4.45. The second kappa shape index (κ2) is 4.64. The highest BCUT2D eigenvalue weighted by Crippen LogP contribution is 2.32. The molecule has 5 nitrogen and oxygen atoms in total. The summed E-state index contributed by atoms with van der Waals surface area (Å²) in [5.74, 6) is -0.491. The molecule has 0 spiro atoms. The lowest BCUT2D eigenvalue weighted by Crippen LogP contribution is -2.35. The van der Waals surface area contributed by atoms with E-state index in [1.54, 1.807) is 13.8 Å². The number of carbonyl (C=O) groups excluding carboxylic acids is 1. The Morgan fingerprint density at radius 1 is 1.33 bits per heavy atom. The largest absolute Gasteiger partial charge is 0.416 e. The Morgan fingerprint density at radius 3 is 2.48 bits per heavy atom. The molecule has 1 heterocycles. The van der Waals surface area contributed by atoms with Crippen molar-refractivity contribution in [1.29, 1.82) is 0 Å². The number of amides is 1. The van der Waals surface area contributed by atoms with Gasteiger partial charge >= 0.3 is 6.18 Å². The van der Waals surface area contributed by atoms with E-state index in [9.17, 15) is 18.0 Å². The first-order valence-electron chi connectivity index (χ1n) is 6.15. The van der Waals surface area contributed by atoms with Gasteiger partial charge in [0.1, 0.15) is 0 Å². The zero-order valence-electron chi connectivity index (χ0n) is 11.5. The molecule has 21 heavy (non-hydrogen) atoms. The van der Waals surface area contributed by atoms with Crippen LogP contribution in [-0.4, -0.2) is 15.5 Å². The van der Waals surface area contributed by atoms with E-state index in [2.05, 4.69) is 4.98 Å². The summed E-state index contributed by atoms with van der Waals surface area (Å²) in [7, 11) is 0. The van der Waals surface area contributed by atoms with Gasteiger partial charge in [0.05, 0.1) is 22.0 Å². The number of nitrogens with zero attached hydrogens (tertiary/aromatic N) is 2. The SMILES string of the molecule is CC(C)(Cn1c(N)nc2cc(C(F)(F)F)ccc21)C(N)=O. The molecule has 0 saturated heterocycles. The highest BCUT2D eigenvalue weighted by molar-refractivity contribution is 5.82. The maximum absolute atomic E-state index is 12.7. The van der Waals surface area contributed by atoms with Crippen LogP contribution in [0.15, 0.2) is 18.2 Å². The van der Waals surface area contributed by atoms with Gasteiger partial charge in [0.25, 0.3) is 0 Å². The number of rotatable bonds is 3. The molecule has 2 aromatic rings. The number of hydrogen-bond acceptors (Lipinski definition) is 3. The molecule has 0 fully saturated rings. The van der Waals surface area contributed by atoms with Crippen molar-refractivity contribution in [3.05, 3.63) is 23.8 Å². The van der Waals surface area contributed by atoms with E-state index in [1.165, 1.54) is 10.6 Å². The van der Waals surface area contributed by atoms with Gasteiger partial charge in [-0.2, -0.15) is 13.2 Å². The standard InChI is InChI=1S/C13H15F3N4O/c1-12(2,10(17)21)6-20-9-4-3-7(13(14,15)16)5-8(9)19-11(20)18/h3-5H,6H2,1-2H3,(H2,17,21)(H2,18,19). The van der Waals surface area contributed by atoms with Gasteiger partial charge in [0.15, 0.2) is 0 Å². The average molecular weight is 300 g/mol. The van der Waals surface area contributed by atoms with Crippen LogP contribution in [0.25, 0.3) is 11.0 Å². The Hall–Kier alpha value is -2.25. The molecule has 0 bridgehead atoms. The number of fused-ring (bicyclic) bond motifs is 1. The summed E-state index contributed by atoms with van der Waals surface area (Å²) in [6, 6.07) is 3.18. The normalized spacial score (nSPS) is 12.8. The average Bonchev–Trinajstić information content (AvgIpc) is 2.63. The predicted molar refractivity (Wildman–Crippen MR) is 72.1 cm³/mol. The Labute approximate surface area is 118 Å². The number of anilines is 1. The van der Waals surface area contributed by atoms with Crippen LogP contribution in [0.1, 0.15) is 19.4 Å². The quantitative estimate of drug-likeness (QED) is 0.910.